The Balaban J connectivity index is 2.85. The molecule has 1 aliphatic rings. The van der Waals surface area contributed by atoms with Gasteiger partial charge in [0.05, 0.1) is 0 Å². The van der Waals surface area contributed by atoms with Gasteiger partial charge >= 0.3 is 0 Å². The zero-order valence-corrected chi connectivity index (χ0v) is 6.83. The molecule has 1 atom stereocenters. The minimum absolute atomic E-state index is 0.0561. The van der Waals surface area contributed by atoms with E-state index in [-0.39, 0.29) is 5.78 Å². The van der Waals surface area contributed by atoms with Crippen LogP contribution in [0.5, 0.6) is 0 Å². The molecule has 0 aromatic heterocycles. The number of methoxy groups -OCH3 is 1. The topological polar surface area (TPSA) is 26.3 Å². The average molecular weight is 152 g/mol. The largest absolute Gasteiger partial charge is 0.366 e. The summed E-state index contributed by atoms with van der Waals surface area (Å²) in [6.07, 6.45) is 8.14. The highest BCUT2D eigenvalue weighted by Gasteiger charge is 2.31. The van der Waals surface area contributed by atoms with Crippen LogP contribution in [0.25, 0.3) is 0 Å². The fourth-order valence-corrected chi connectivity index (χ4v) is 1.16. The highest BCUT2D eigenvalue weighted by molar-refractivity contribution is 5.87. The van der Waals surface area contributed by atoms with Gasteiger partial charge in [-0.1, -0.05) is 18.2 Å². The molecule has 2 nitrogen and oxygen atoms in total. The quantitative estimate of drug-likeness (QED) is 0.599. The molecule has 0 bridgehead atoms. The first kappa shape index (κ1) is 8.21. The van der Waals surface area contributed by atoms with Crippen LogP contribution in [0.3, 0.4) is 0 Å². The molecule has 0 unspecified atom stereocenters. The van der Waals surface area contributed by atoms with Gasteiger partial charge in [0.15, 0.2) is 5.78 Å². The van der Waals surface area contributed by atoms with Crippen molar-refractivity contribution in [3.63, 3.8) is 0 Å². The molecule has 1 rings (SSSR count). The number of carbonyl (C=O) groups is 1. The third kappa shape index (κ3) is 1.40. The number of ether oxygens (including phenoxy) is 1. The standard InChI is InChI=1S/C9H12O2/c1-8(10)9(11-2)6-4-3-5-7-9/h3-6H,7H2,1-2H3/t9-/m1/s1. The van der Waals surface area contributed by atoms with E-state index >= 15 is 0 Å². The Kier molecular flexibility index (Phi) is 2.25. The predicted octanol–water partition coefficient (Wildman–Crippen LogP) is 1.48. The summed E-state index contributed by atoms with van der Waals surface area (Å²) in [5, 5.41) is 0. The highest BCUT2D eigenvalue weighted by atomic mass is 16.5. The molecule has 0 amide bonds. The maximum Gasteiger partial charge on any atom is 0.165 e. The number of carbonyl (C=O) groups excluding carboxylic acids is 1. The van der Waals surface area contributed by atoms with E-state index in [0.717, 1.165) is 0 Å². The van der Waals surface area contributed by atoms with Gasteiger partial charge in [-0.3, -0.25) is 4.79 Å². The van der Waals surface area contributed by atoms with Crippen LogP contribution < -0.4 is 0 Å². The summed E-state index contributed by atoms with van der Waals surface area (Å²) in [6, 6.07) is 0. The number of rotatable bonds is 2. The van der Waals surface area contributed by atoms with E-state index in [4.69, 9.17) is 4.74 Å². The van der Waals surface area contributed by atoms with Crippen LogP contribution in [-0.2, 0) is 9.53 Å². The third-order valence-electron chi connectivity index (χ3n) is 1.99. The molecular weight excluding hydrogens is 140 g/mol. The van der Waals surface area contributed by atoms with E-state index in [1.54, 1.807) is 20.1 Å². The van der Waals surface area contributed by atoms with Gasteiger partial charge in [0.2, 0.25) is 0 Å². The van der Waals surface area contributed by atoms with Crippen molar-refractivity contribution in [2.24, 2.45) is 0 Å². The van der Waals surface area contributed by atoms with Crippen molar-refractivity contribution < 1.29 is 9.53 Å². The molecule has 1 aliphatic carbocycles. The first-order valence-corrected chi connectivity index (χ1v) is 3.62. The Bertz CT molecular complexity index is 216. The third-order valence-corrected chi connectivity index (χ3v) is 1.99. The van der Waals surface area contributed by atoms with E-state index < -0.39 is 5.60 Å². The van der Waals surface area contributed by atoms with Gasteiger partial charge < -0.3 is 4.74 Å². The van der Waals surface area contributed by atoms with Gasteiger partial charge in [0.1, 0.15) is 5.60 Å². The van der Waals surface area contributed by atoms with Gasteiger partial charge in [-0.15, -0.1) is 0 Å². The van der Waals surface area contributed by atoms with Gasteiger partial charge in [-0.2, -0.15) is 0 Å². The first-order valence-electron chi connectivity index (χ1n) is 3.62. The summed E-state index contributed by atoms with van der Waals surface area (Å²) in [7, 11) is 1.56. The molecule has 0 spiro atoms. The lowest BCUT2D eigenvalue weighted by molar-refractivity contribution is -0.133. The van der Waals surface area contributed by atoms with Crippen LogP contribution in [0.2, 0.25) is 0 Å². The molecule has 0 heterocycles. The number of hydrogen-bond acceptors (Lipinski definition) is 2. The molecule has 2 heteroatoms. The number of Topliss-reactive ketones (excluding diaryl/α,β-unsaturated/α-hetero) is 1. The lowest BCUT2D eigenvalue weighted by atomic mass is 9.91. The molecule has 0 saturated carbocycles. The fraction of sp³-hybridized carbons (Fsp3) is 0.444. The smallest absolute Gasteiger partial charge is 0.165 e. The Morgan fingerprint density at radius 3 is 2.55 bits per heavy atom. The Labute approximate surface area is 66.5 Å². The summed E-state index contributed by atoms with van der Waals surface area (Å²) in [5.74, 6) is 0.0561. The van der Waals surface area contributed by atoms with Crippen LogP contribution in [0.4, 0.5) is 0 Å². The monoisotopic (exact) mass is 152 g/mol. The van der Waals surface area contributed by atoms with Gasteiger partial charge in [0.25, 0.3) is 0 Å². The van der Waals surface area contributed by atoms with Gasteiger partial charge in [-0.05, 0) is 13.0 Å². The summed E-state index contributed by atoms with van der Waals surface area (Å²) < 4.78 is 5.15. The van der Waals surface area contributed by atoms with Crippen molar-refractivity contribution >= 4 is 5.78 Å². The Morgan fingerprint density at radius 2 is 2.27 bits per heavy atom. The summed E-state index contributed by atoms with van der Waals surface area (Å²) >= 11 is 0. The van der Waals surface area contributed by atoms with Crippen LogP contribution >= 0.6 is 0 Å². The van der Waals surface area contributed by atoms with E-state index in [2.05, 4.69) is 0 Å². The maximum absolute atomic E-state index is 11.1. The van der Waals surface area contributed by atoms with Crippen molar-refractivity contribution in [1.82, 2.24) is 0 Å². The molecular formula is C9H12O2. The zero-order chi connectivity index (χ0) is 8.32. The van der Waals surface area contributed by atoms with E-state index in [0.29, 0.717) is 6.42 Å². The minimum atomic E-state index is -0.686. The van der Waals surface area contributed by atoms with Crippen molar-refractivity contribution in [2.75, 3.05) is 7.11 Å². The molecule has 11 heavy (non-hydrogen) atoms. The van der Waals surface area contributed by atoms with Gasteiger partial charge in [-0.25, -0.2) is 0 Å². The minimum Gasteiger partial charge on any atom is -0.366 e. The number of hydrogen-bond donors (Lipinski definition) is 0. The average Bonchev–Trinajstić information content (AvgIpc) is 2.05. The van der Waals surface area contributed by atoms with Crippen LogP contribution in [0.15, 0.2) is 24.3 Å². The molecule has 0 saturated heterocycles. The number of allylic oxidation sites excluding steroid dienone is 2. The molecule has 0 aromatic rings. The van der Waals surface area contributed by atoms with Crippen molar-refractivity contribution in [3.05, 3.63) is 24.3 Å². The summed E-state index contributed by atoms with van der Waals surface area (Å²) in [6.45, 7) is 1.55. The Morgan fingerprint density at radius 1 is 1.55 bits per heavy atom. The second kappa shape index (κ2) is 3.01. The van der Waals surface area contributed by atoms with Crippen molar-refractivity contribution in [3.8, 4) is 0 Å². The second-order valence-electron chi connectivity index (χ2n) is 2.64. The molecule has 0 fully saturated rings. The molecule has 0 aromatic carbocycles. The summed E-state index contributed by atoms with van der Waals surface area (Å²) in [5.41, 5.74) is -0.686. The Hall–Kier alpha value is -0.890. The lowest BCUT2D eigenvalue weighted by Crippen LogP contribution is -2.37. The van der Waals surface area contributed by atoms with E-state index in [9.17, 15) is 4.79 Å². The van der Waals surface area contributed by atoms with Gasteiger partial charge in [0, 0.05) is 13.5 Å². The summed E-state index contributed by atoms with van der Waals surface area (Å²) in [4.78, 5) is 11.1. The molecule has 60 valence electrons. The maximum atomic E-state index is 11.1. The first-order chi connectivity index (χ1) is 5.21. The van der Waals surface area contributed by atoms with E-state index in [1.165, 1.54) is 0 Å². The second-order valence-corrected chi connectivity index (χ2v) is 2.64. The van der Waals surface area contributed by atoms with E-state index in [1.807, 2.05) is 18.2 Å². The molecule has 0 radical (unpaired) electrons. The van der Waals surface area contributed by atoms with Crippen LogP contribution in [-0.4, -0.2) is 18.5 Å². The predicted molar refractivity (Wildman–Crippen MR) is 43.3 cm³/mol. The van der Waals surface area contributed by atoms with Crippen LogP contribution in [0, 0.1) is 0 Å². The fourth-order valence-electron chi connectivity index (χ4n) is 1.16. The lowest BCUT2D eigenvalue weighted by Gasteiger charge is -2.26. The molecule has 0 aliphatic heterocycles. The normalized spacial score (nSPS) is 28.9. The van der Waals surface area contributed by atoms with Crippen LogP contribution in [0.1, 0.15) is 13.3 Å². The highest BCUT2D eigenvalue weighted by Crippen LogP contribution is 2.22. The van der Waals surface area contributed by atoms with Crippen molar-refractivity contribution in [2.45, 2.75) is 18.9 Å². The number of ketones is 1. The molecule has 0 N–H and O–H groups in total. The van der Waals surface area contributed by atoms with Crippen molar-refractivity contribution in [1.29, 1.82) is 0 Å². The zero-order valence-electron chi connectivity index (χ0n) is 6.83. The SMILES string of the molecule is CO[C@]1(C(C)=O)C=CC=CC1.